The Kier molecular flexibility index (Phi) is 10.5. The molecule has 0 amide bonds. The Morgan fingerprint density at radius 1 is 1.00 bits per heavy atom. The number of rotatable bonds is 6. The second kappa shape index (κ2) is 10.7. The lowest BCUT2D eigenvalue weighted by atomic mass is 10.1. The standard InChI is InChI=1S/C12H24N2O.C2H6/c1-3-12(15)6-5-7-14-10-8-13(4-2)9-11-14;1-2/h3-11H2,1-2H3;1-2H3. The molecule has 1 rings (SSSR count). The maximum absolute atomic E-state index is 11.1. The summed E-state index contributed by atoms with van der Waals surface area (Å²) in [4.78, 5) is 16.1. The topological polar surface area (TPSA) is 23.6 Å². The van der Waals surface area contributed by atoms with E-state index in [0.717, 1.165) is 19.4 Å². The molecule has 1 aliphatic heterocycles. The summed E-state index contributed by atoms with van der Waals surface area (Å²) in [6.07, 6.45) is 2.51. The van der Waals surface area contributed by atoms with Gasteiger partial charge >= 0.3 is 0 Å². The molecule has 0 atom stereocenters. The first-order valence-electron chi connectivity index (χ1n) is 7.22. The molecule has 1 fully saturated rings. The fraction of sp³-hybridized carbons (Fsp3) is 0.929. The first kappa shape index (κ1) is 16.6. The largest absolute Gasteiger partial charge is 0.301 e. The van der Waals surface area contributed by atoms with Crippen molar-refractivity contribution in [3.05, 3.63) is 0 Å². The first-order valence-corrected chi connectivity index (χ1v) is 7.22. The van der Waals surface area contributed by atoms with Gasteiger partial charge in [0.2, 0.25) is 0 Å². The smallest absolute Gasteiger partial charge is 0.132 e. The molecule has 0 saturated carbocycles. The average molecular weight is 242 g/mol. The molecule has 17 heavy (non-hydrogen) atoms. The van der Waals surface area contributed by atoms with E-state index in [1.165, 1.54) is 32.7 Å². The fourth-order valence-electron chi connectivity index (χ4n) is 2.01. The Bertz CT molecular complexity index is 187. The van der Waals surface area contributed by atoms with Crippen molar-refractivity contribution in [2.75, 3.05) is 39.3 Å². The minimum absolute atomic E-state index is 0.405. The van der Waals surface area contributed by atoms with Gasteiger partial charge in [-0.15, -0.1) is 0 Å². The van der Waals surface area contributed by atoms with Gasteiger partial charge < -0.3 is 9.80 Å². The van der Waals surface area contributed by atoms with Gasteiger partial charge in [0.15, 0.2) is 0 Å². The van der Waals surface area contributed by atoms with E-state index in [0.29, 0.717) is 12.2 Å². The predicted molar refractivity (Wildman–Crippen MR) is 74.4 cm³/mol. The van der Waals surface area contributed by atoms with Crippen molar-refractivity contribution in [1.29, 1.82) is 0 Å². The third kappa shape index (κ3) is 7.50. The van der Waals surface area contributed by atoms with Gasteiger partial charge in [0.05, 0.1) is 0 Å². The zero-order valence-corrected chi connectivity index (χ0v) is 12.2. The average Bonchev–Trinajstić information content (AvgIpc) is 2.41. The molecule has 102 valence electrons. The molecular weight excluding hydrogens is 212 g/mol. The lowest BCUT2D eigenvalue weighted by Gasteiger charge is -2.33. The van der Waals surface area contributed by atoms with E-state index in [9.17, 15) is 4.79 Å². The van der Waals surface area contributed by atoms with E-state index in [1.54, 1.807) is 0 Å². The minimum Gasteiger partial charge on any atom is -0.301 e. The molecular formula is C14H30N2O. The van der Waals surface area contributed by atoms with E-state index in [1.807, 2.05) is 20.8 Å². The second-order valence-corrected chi connectivity index (χ2v) is 4.27. The molecule has 0 bridgehead atoms. The number of hydrogen-bond acceptors (Lipinski definition) is 3. The molecule has 0 aromatic carbocycles. The summed E-state index contributed by atoms with van der Waals surface area (Å²) in [7, 11) is 0. The summed E-state index contributed by atoms with van der Waals surface area (Å²) in [6, 6.07) is 0. The monoisotopic (exact) mass is 242 g/mol. The van der Waals surface area contributed by atoms with E-state index >= 15 is 0 Å². The summed E-state index contributed by atoms with van der Waals surface area (Å²) in [5.74, 6) is 0.405. The second-order valence-electron chi connectivity index (χ2n) is 4.27. The van der Waals surface area contributed by atoms with E-state index in [4.69, 9.17) is 0 Å². The summed E-state index contributed by atoms with van der Waals surface area (Å²) in [6.45, 7) is 15.2. The Labute approximate surface area is 107 Å². The number of carbonyl (C=O) groups excluding carboxylic acids is 1. The lowest BCUT2D eigenvalue weighted by molar-refractivity contribution is -0.118. The molecule has 0 aromatic heterocycles. The number of ketones is 1. The van der Waals surface area contributed by atoms with Crippen LogP contribution in [0.1, 0.15) is 47.0 Å². The van der Waals surface area contributed by atoms with Crippen LogP contribution in [-0.4, -0.2) is 54.9 Å². The molecule has 1 aliphatic rings. The van der Waals surface area contributed by atoms with Crippen molar-refractivity contribution in [2.24, 2.45) is 0 Å². The van der Waals surface area contributed by atoms with Crippen LogP contribution in [0.4, 0.5) is 0 Å². The Morgan fingerprint density at radius 2 is 1.53 bits per heavy atom. The minimum atomic E-state index is 0.405. The number of piperazine rings is 1. The molecule has 0 radical (unpaired) electrons. The molecule has 3 nitrogen and oxygen atoms in total. The van der Waals surface area contributed by atoms with Crippen molar-refractivity contribution in [3.63, 3.8) is 0 Å². The number of hydrogen-bond donors (Lipinski definition) is 0. The predicted octanol–water partition coefficient (Wildman–Crippen LogP) is 2.41. The summed E-state index contributed by atoms with van der Waals surface area (Å²) < 4.78 is 0. The van der Waals surface area contributed by atoms with Gasteiger partial charge in [-0.1, -0.05) is 27.7 Å². The van der Waals surface area contributed by atoms with Gasteiger partial charge in [0.25, 0.3) is 0 Å². The Balaban J connectivity index is 0.00000121. The van der Waals surface area contributed by atoms with Gasteiger partial charge in [-0.3, -0.25) is 4.79 Å². The van der Waals surface area contributed by atoms with Crippen LogP contribution in [0.3, 0.4) is 0 Å². The van der Waals surface area contributed by atoms with Gasteiger partial charge in [-0.25, -0.2) is 0 Å². The molecule has 1 saturated heterocycles. The van der Waals surface area contributed by atoms with E-state index in [-0.39, 0.29) is 0 Å². The first-order chi connectivity index (χ1) is 8.26. The molecule has 3 heteroatoms. The van der Waals surface area contributed by atoms with Gasteiger partial charge in [0.1, 0.15) is 5.78 Å². The zero-order valence-electron chi connectivity index (χ0n) is 12.2. The van der Waals surface area contributed by atoms with Crippen LogP contribution >= 0.6 is 0 Å². The Morgan fingerprint density at radius 3 is 2.00 bits per heavy atom. The van der Waals surface area contributed by atoms with Gasteiger partial charge in [-0.05, 0) is 19.5 Å². The van der Waals surface area contributed by atoms with Crippen LogP contribution in [0, 0.1) is 0 Å². The van der Waals surface area contributed by atoms with Crippen molar-refractivity contribution in [3.8, 4) is 0 Å². The fourth-order valence-corrected chi connectivity index (χ4v) is 2.01. The van der Waals surface area contributed by atoms with Crippen LogP contribution in [-0.2, 0) is 4.79 Å². The maximum atomic E-state index is 11.1. The van der Waals surface area contributed by atoms with E-state index < -0.39 is 0 Å². The molecule has 1 heterocycles. The highest BCUT2D eigenvalue weighted by Gasteiger charge is 2.14. The third-order valence-electron chi connectivity index (χ3n) is 3.24. The summed E-state index contributed by atoms with van der Waals surface area (Å²) in [5.41, 5.74) is 0. The zero-order chi connectivity index (χ0) is 13.1. The number of carbonyl (C=O) groups is 1. The lowest BCUT2D eigenvalue weighted by Crippen LogP contribution is -2.46. The van der Waals surface area contributed by atoms with Crippen molar-refractivity contribution < 1.29 is 4.79 Å². The van der Waals surface area contributed by atoms with Crippen LogP contribution in [0.15, 0.2) is 0 Å². The number of likely N-dealkylation sites (N-methyl/N-ethyl adjacent to an activating group) is 1. The molecule has 0 aromatic rings. The van der Waals surface area contributed by atoms with Crippen molar-refractivity contribution >= 4 is 5.78 Å². The molecule has 0 unspecified atom stereocenters. The Hall–Kier alpha value is -0.410. The maximum Gasteiger partial charge on any atom is 0.132 e. The van der Waals surface area contributed by atoms with Gasteiger partial charge in [0, 0.05) is 39.0 Å². The SMILES string of the molecule is CC.CCC(=O)CCCN1CCN(CC)CC1. The number of Topliss-reactive ketones (excluding diaryl/α,β-unsaturated/α-hetero) is 1. The van der Waals surface area contributed by atoms with E-state index in [2.05, 4.69) is 16.7 Å². The highest BCUT2D eigenvalue weighted by molar-refractivity contribution is 5.77. The number of nitrogens with zero attached hydrogens (tertiary/aromatic N) is 2. The molecule has 0 N–H and O–H groups in total. The summed E-state index contributed by atoms with van der Waals surface area (Å²) >= 11 is 0. The van der Waals surface area contributed by atoms with Crippen molar-refractivity contribution in [2.45, 2.75) is 47.0 Å². The summed E-state index contributed by atoms with van der Waals surface area (Å²) in [5, 5.41) is 0. The quantitative estimate of drug-likeness (QED) is 0.714. The highest BCUT2D eigenvalue weighted by Crippen LogP contribution is 2.03. The normalized spacial score (nSPS) is 17.4. The van der Waals surface area contributed by atoms with Crippen LogP contribution in [0.25, 0.3) is 0 Å². The van der Waals surface area contributed by atoms with Crippen LogP contribution < -0.4 is 0 Å². The van der Waals surface area contributed by atoms with Crippen LogP contribution in [0.5, 0.6) is 0 Å². The molecule has 0 spiro atoms. The van der Waals surface area contributed by atoms with Gasteiger partial charge in [-0.2, -0.15) is 0 Å². The third-order valence-corrected chi connectivity index (χ3v) is 3.24. The van der Waals surface area contributed by atoms with Crippen LogP contribution in [0.2, 0.25) is 0 Å². The van der Waals surface area contributed by atoms with Crippen molar-refractivity contribution in [1.82, 2.24) is 9.80 Å². The molecule has 0 aliphatic carbocycles. The highest BCUT2D eigenvalue weighted by atomic mass is 16.1.